The summed E-state index contributed by atoms with van der Waals surface area (Å²) in [4.78, 5) is 13.6. The van der Waals surface area contributed by atoms with Gasteiger partial charge in [-0.05, 0) is 58.3 Å². The van der Waals surface area contributed by atoms with E-state index in [2.05, 4.69) is 0 Å². The summed E-state index contributed by atoms with van der Waals surface area (Å²) >= 11 is 1.98. The molecule has 1 saturated heterocycles. The third-order valence-corrected chi connectivity index (χ3v) is 5.15. The van der Waals surface area contributed by atoms with E-state index >= 15 is 0 Å². The van der Waals surface area contributed by atoms with E-state index in [0.29, 0.717) is 15.6 Å². The third kappa shape index (κ3) is 4.26. The molecule has 0 aliphatic carbocycles. The van der Waals surface area contributed by atoms with Gasteiger partial charge in [-0.2, -0.15) is 13.2 Å². The summed E-state index contributed by atoms with van der Waals surface area (Å²) in [6, 6.07) is 13.0. The van der Waals surface area contributed by atoms with E-state index in [1.807, 2.05) is 52.9 Å². The normalized spacial score (nSPS) is 17.7. The maximum absolute atomic E-state index is 12.9. The van der Waals surface area contributed by atoms with Gasteiger partial charge in [0.1, 0.15) is 6.61 Å². The van der Waals surface area contributed by atoms with E-state index in [0.717, 1.165) is 17.7 Å². The van der Waals surface area contributed by atoms with Crippen molar-refractivity contribution in [2.75, 3.05) is 6.61 Å². The zero-order valence-electron chi connectivity index (χ0n) is 13.1. The summed E-state index contributed by atoms with van der Waals surface area (Å²) in [5.41, 5.74) is 0.803. The van der Waals surface area contributed by atoms with Gasteiger partial charge in [-0.15, -0.1) is 0 Å². The fraction of sp³-hybridized carbons (Fsp3) is 0.278. The third-order valence-electron chi connectivity index (χ3n) is 4.10. The zero-order valence-corrected chi connectivity index (χ0v) is 15.3. The highest BCUT2D eigenvalue weighted by molar-refractivity contribution is 14.1. The smallest absolute Gasteiger partial charge is 0.416 e. The van der Waals surface area contributed by atoms with Crippen LogP contribution in [0, 0.1) is 3.57 Å². The number of nitrogens with zero attached hydrogens (tertiary/aromatic N) is 1. The summed E-state index contributed by atoms with van der Waals surface area (Å²) in [5.74, 6) is 0. The van der Waals surface area contributed by atoms with Crippen LogP contribution in [0.15, 0.2) is 48.5 Å². The standard InChI is InChI=1S/C18H15F3INO2/c19-18(20,21)14-6-7-16(22)13(9-14)10-23-15(11-25-17(23)24)8-12-4-2-1-3-5-12/h1-7,9,15H,8,10-11H2. The Balaban J connectivity index is 1.81. The maximum atomic E-state index is 12.9. The highest BCUT2D eigenvalue weighted by Crippen LogP contribution is 2.32. The van der Waals surface area contributed by atoms with Crippen LogP contribution in [0.25, 0.3) is 0 Å². The summed E-state index contributed by atoms with van der Waals surface area (Å²) in [6.45, 7) is 0.335. The van der Waals surface area contributed by atoms with Gasteiger partial charge in [-0.1, -0.05) is 30.3 Å². The Labute approximate surface area is 156 Å². The molecule has 1 atom stereocenters. The van der Waals surface area contributed by atoms with Crippen LogP contribution in [0.4, 0.5) is 18.0 Å². The first-order valence-electron chi connectivity index (χ1n) is 7.67. The molecule has 1 amide bonds. The number of carbonyl (C=O) groups excluding carboxylic acids is 1. The van der Waals surface area contributed by atoms with Crippen LogP contribution in [0.3, 0.4) is 0 Å². The average Bonchev–Trinajstić information content (AvgIpc) is 2.90. The molecule has 2 aromatic carbocycles. The lowest BCUT2D eigenvalue weighted by atomic mass is 10.0. The number of cyclic esters (lactones) is 1. The number of benzene rings is 2. The Hall–Kier alpha value is -1.77. The van der Waals surface area contributed by atoms with Gasteiger partial charge in [0.2, 0.25) is 0 Å². The van der Waals surface area contributed by atoms with Crippen LogP contribution in [0.5, 0.6) is 0 Å². The number of halogens is 4. The van der Waals surface area contributed by atoms with Crippen molar-refractivity contribution in [3.63, 3.8) is 0 Å². The predicted molar refractivity (Wildman–Crippen MR) is 95.0 cm³/mol. The van der Waals surface area contributed by atoms with Crippen molar-refractivity contribution in [1.29, 1.82) is 0 Å². The molecule has 2 aromatic rings. The van der Waals surface area contributed by atoms with Crippen molar-refractivity contribution in [3.05, 3.63) is 68.8 Å². The molecule has 7 heteroatoms. The average molecular weight is 461 g/mol. The molecule has 0 saturated carbocycles. The summed E-state index contributed by atoms with van der Waals surface area (Å²) in [7, 11) is 0. The molecular formula is C18H15F3INO2. The van der Waals surface area contributed by atoms with Crippen LogP contribution in [-0.2, 0) is 23.9 Å². The second-order valence-corrected chi connectivity index (χ2v) is 7.01. The van der Waals surface area contributed by atoms with Gasteiger partial charge in [0.25, 0.3) is 0 Å². The summed E-state index contributed by atoms with van der Waals surface area (Å²) in [5, 5.41) is 0. The van der Waals surface area contributed by atoms with Gasteiger partial charge in [0.15, 0.2) is 0 Å². The van der Waals surface area contributed by atoms with Gasteiger partial charge in [-0.3, -0.25) is 4.90 Å². The molecule has 1 fully saturated rings. The Morgan fingerprint density at radius 2 is 1.88 bits per heavy atom. The molecule has 0 aromatic heterocycles. The van der Waals surface area contributed by atoms with E-state index in [4.69, 9.17) is 4.74 Å². The minimum Gasteiger partial charge on any atom is -0.447 e. The monoisotopic (exact) mass is 461 g/mol. The zero-order chi connectivity index (χ0) is 18.0. The maximum Gasteiger partial charge on any atom is 0.416 e. The number of rotatable bonds is 4. The molecule has 132 valence electrons. The second kappa shape index (κ2) is 7.23. The molecule has 1 aliphatic rings. The van der Waals surface area contributed by atoms with E-state index in [-0.39, 0.29) is 19.2 Å². The van der Waals surface area contributed by atoms with Crippen LogP contribution >= 0.6 is 22.6 Å². The van der Waals surface area contributed by atoms with Crippen molar-refractivity contribution < 1.29 is 22.7 Å². The first-order valence-corrected chi connectivity index (χ1v) is 8.75. The van der Waals surface area contributed by atoms with Crippen LogP contribution in [-0.4, -0.2) is 23.6 Å². The Kier molecular flexibility index (Phi) is 5.21. The molecule has 3 nitrogen and oxygen atoms in total. The van der Waals surface area contributed by atoms with E-state index in [1.165, 1.54) is 11.0 Å². The van der Waals surface area contributed by atoms with Crippen molar-refractivity contribution in [2.24, 2.45) is 0 Å². The molecule has 0 radical (unpaired) electrons. The van der Waals surface area contributed by atoms with Crippen LogP contribution in [0.1, 0.15) is 16.7 Å². The van der Waals surface area contributed by atoms with Crippen LogP contribution < -0.4 is 0 Å². The molecular weight excluding hydrogens is 446 g/mol. The molecule has 0 spiro atoms. The summed E-state index contributed by atoms with van der Waals surface area (Å²) in [6.07, 6.45) is -4.30. The molecule has 1 unspecified atom stereocenters. The van der Waals surface area contributed by atoms with Crippen molar-refractivity contribution in [1.82, 2.24) is 4.90 Å². The van der Waals surface area contributed by atoms with Crippen molar-refractivity contribution >= 4 is 28.7 Å². The number of hydrogen-bond acceptors (Lipinski definition) is 2. The molecule has 3 rings (SSSR count). The highest BCUT2D eigenvalue weighted by Gasteiger charge is 2.35. The predicted octanol–water partition coefficient (Wildman–Crippen LogP) is 4.87. The van der Waals surface area contributed by atoms with Gasteiger partial charge in [0, 0.05) is 3.57 Å². The number of hydrogen-bond donors (Lipinski definition) is 0. The molecule has 1 heterocycles. The number of amides is 1. The van der Waals surface area contributed by atoms with Gasteiger partial charge in [0.05, 0.1) is 18.2 Å². The quantitative estimate of drug-likeness (QED) is 0.609. The lowest BCUT2D eigenvalue weighted by Crippen LogP contribution is -2.34. The molecule has 25 heavy (non-hydrogen) atoms. The lowest BCUT2D eigenvalue weighted by Gasteiger charge is -2.22. The van der Waals surface area contributed by atoms with E-state index < -0.39 is 17.8 Å². The minimum atomic E-state index is -4.41. The molecule has 1 aliphatic heterocycles. The first-order chi connectivity index (χ1) is 11.8. The van der Waals surface area contributed by atoms with E-state index in [9.17, 15) is 18.0 Å². The Morgan fingerprint density at radius 3 is 2.56 bits per heavy atom. The lowest BCUT2D eigenvalue weighted by molar-refractivity contribution is -0.137. The van der Waals surface area contributed by atoms with Crippen molar-refractivity contribution in [2.45, 2.75) is 25.2 Å². The SMILES string of the molecule is O=C1OCC(Cc2ccccc2)N1Cc1cc(C(F)(F)F)ccc1I. The highest BCUT2D eigenvalue weighted by atomic mass is 127. The topological polar surface area (TPSA) is 29.5 Å². The molecule has 0 N–H and O–H groups in total. The van der Waals surface area contributed by atoms with Crippen LogP contribution in [0.2, 0.25) is 0 Å². The first kappa shape index (κ1) is 18.0. The van der Waals surface area contributed by atoms with E-state index in [1.54, 1.807) is 0 Å². The fourth-order valence-electron chi connectivity index (χ4n) is 2.79. The number of carbonyl (C=O) groups is 1. The Morgan fingerprint density at radius 1 is 1.16 bits per heavy atom. The number of ether oxygens (including phenoxy) is 1. The van der Waals surface area contributed by atoms with Gasteiger partial charge in [-0.25, -0.2) is 4.79 Å². The largest absolute Gasteiger partial charge is 0.447 e. The Bertz CT molecular complexity index is 765. The fourth-order valence-corrected chi connectivity index (χ4v) is 3.30. The summed E-state index contributed by atoms with van der Waals surface area (Å²) < 4.78 is 44.6. The minimum absolute atomic E-state index is 0.0958. The van der Waals surface area contributed by atoms with Gasteiger partial charge >= 0.3 is 12.3 Å². The second-order valence-electron chi connectivity index (χ2n) is 5.85. The van der Waals surface area contributed by atoms with Crippen molar-refractivity contribution in [3.8, 4) is 0 Å². The molecule has 0 bridgehead atoms. The number of alkyl halides is 3. The van der Waals surface area contributed by atoms with Gasteiger partial charge < -0.3 is 4.74 Å².